The smallest absolute Gasteiger partial charge is 0.319 e. The number of hydrogen-bond donors (Lipinski definition) is 4. The summed E-state index contributed by atoms with van der Waals surface area (Å²) < 4.78 is 11.4. The number of rotatable bonds is 6. The number of nitrogens with zero attached hydrogens (tertiary/aromatic N) is 1. The van der Waals surface area contributed by atoms with Crippen LogP contribution in [0.2, 0.25) is 0 Å². The van der Waals surface area contributed by atoms with E-state index in [2.05, 4.69) is 15.8 Å². The summed E-state index contributed by atoms with van der Waals surface area (Å²) in [6.07, 6.45) is 0.499. The lowest BCUT2D eigenvalue weighted by Gasteiger charge is -2.33. The standard InChI is InChI=1S/C23H25N3O5/c27-18-8-4-5-15(11-18)21-13-17(26-31-21)12-19-9-10-20(28)22(30-19)14-24-23(29)25-16-6-2-1-3-7-16/h1-8,11,13,19-20,22,27-28H,9-10,12,14H2,(H2,24,25,29)/t19-,20-,22+/m0/s1. The number of phenolic OH excluding ortho intramolecular Hbond substituents is 1. The summed E-state index contributed by atoms with van der Waals surface area (Å²) in [6.45, 7) is 0.198. The zero-order chi connectivity index (χ0) is 21.6. The molecular formula is C23H25N3O5. The monoisotopic (exact) mass is 423 g/mol. The fraction of sp³-hybridized carbons (Fsp3) is 0.304. The molecule has 0 radical (unpaired) electrons. The number of para-hydroxylation sites is 1. The largest absolute Gasteiger partial charge is 0.508 e. The van der Waals surface area contributed by atoms with Crippen LogP contribution in [0.3, 0.4) is 0 Å². The molecule has 3 aromatic rings. The highest BCUT2D eigenvalue weighted by Crippen LogP contribution is 2.26. The molecule has 162 valence electrons. The average Bonchev–Trinajstić information content (AvgIpc) is 3.23. The number of ether oxygens (including phenoxy) is 1. The Kier molecular flexibility index (Phi) is 6.49. The van der Waals surface area contributed by atoms with Crippen LogP contribution in [0.5, 0.6) is 5.75 Å². The quantitative estimate of drug-likeness (QED) is 0.483. The molecule has 1 fully saturated rings. The van der Waals surface area contributed by atoms with Crippen LogP contribution in [0.4, 0.5) is 10.5 Å². The summed E-state index contributed by atoms with van der Waals surface area (Å²) in [5.41, 5.74) is 2.16. The molecule has 1 aliphatic heterocycles. The molecule has 4 N–H and O–H groups in total. The van der Waals surface area contributed by atoms with Crippen LogP contribution < -0.4 is 10.6 Å². The molecule has 2 aromatic carbocycles. The highest BCUT2D eigenvalue weighted by Gasteiger charge is 2.31. The fourth-order valence-corrected chi connectivity index (χ4v) is 3.61. The number of carbonyl (C=O) groups excluding carboxylic acids is 1. The zero-order valence-corrected chi connectivity index (χ0v) is 16.9. The number of urea groups is 1. The van der Waals surface area contributed by atoms with Gasteiger partial charge in [-0.25, -0.2) is 4.79 Å². The first-order chi connectivity index (χ1) is 15.1. The third-order valence-electron chi connectivity index (χ3n) is 5.20. The first-order valence-electron chi connectivity index (χ1n) is 10.3. The summed E-state index contributed by atoms with van der Waals surface area (Å²) in [5.74, 6) is 0.726. The average molecular weight is 423 g/mol. The number of aliphatic hydroxyl groups excluding tert-OH is 1. The van der Waals surface area contributed by atoms with Crippen molar-refractivity contribution in [2.75, 3.05) is 11.9 Å². The topological polar surface area (TPSA) is 117 Å². The molecule has 1 aliphatic rings. The van der Waals surface area contributed by atoms with Crippen LogP contribution in [-0.2, 0) is 11.2 Å². The Hall–Kier alpha value is -3.36. The number of aromatic nitrogens is 1. The van der Waals surface area contributed by atoms with Crippen molar-refractivity contribution in [3.8, 4) is 17.1 Å². The second-order valence-corrected chi connectivity index (χ2v) is 7.58. The highest BCUT2D eigenvalue weighted by atomic mass is 16.5. The second-order valence-electron chi connectivity index (χ2n) is 7.58. The van der Waals surface area contributed by atoms with Gasteiger partial charge < -0.3 is 30.1 Å². The maximum atomic E-state index is 12.1. The summed E-state index contributed by atoms with van der Waals surface area (Å²) in [7, 11) is 0. The van der Waals surface area contributed by atoms with Gasteiger partial charge in [-0.2, -0.15) is 0 Å². The van der Waals surface area contributed by atoms with Gasteiger partial charge in [0.25, 0.3) is 0 Å². The third-order valence-corrected chi connectivity index (χ3v) is 5.20. The van der Waals surface area contributed by atoms with Crippen LogP contribution in [0.15, 0.2) is 65.2 Å². The number of aromatic hydroxyl groups is 1. The van der Waals surface area contributed by atoms with Crippen molar-refractivity contribution in [2.45, 2.75) is 37.6 Å². The summed E-state index contributed by atoms with van der Waals surface area (Å²) in [6, 6.07) is 17.4. The Balaban J connectivity index is 1.30. The molecule has 0 aliphatic carbocycles. The Morgan fingerprint density at radius 2 is 1.94 bits per heavy atom. The van der Waals surface area contributed by atoms with Crippen LogP contribution in [-0.4, -0.2) is 46.3 Å². The van der Waals surface area contributed by atoms with E-state index in [0.717, 1.165) is 11.3 Å². The second kappa shape index (κ2) is 9.63. The molecule has 8 heteroatoms. The highest BCUT2D eigenvalue weighted by molar-refractivity contribution is 5.89. The van der Waals surface area contributed by atoms with Gasteiger partial charge in [0, 0.05) is 30.3 Å². The van der Waals surface area contributed by atoms with E-state index in [0.29, 0.717) is 30.7 Å². The van der Waals surface area contributed by atoms with Crippen molar-refractivity contribution in [2.24, 2.45) is 0 Å². The summed E-state index contributed by atoms with van der Waals surface area (Å²) >= 11 is 0. The maximum absolute atomic E-state index is 12.1. The van der Waals surface area contributed by atoms with Gasteiger partial charge in [0.1, 0.15) is 11.9 Å². The number of anilines is 1. The molecule has 4 rings (SSSR count). The van der Waals surface area contributed by atoms with Gasteiger partial charge in [-0.3, -0.25) is 0 Å². The van der Waals surface area contributed by atoms with E-state index < -0.39 is 12.2 Å². The van der Waals surface area contributed by atoms with Crippen LogP contribution >= 0.6 is 0 Å². The van der Waals surface area contributed by atoms with E-state index in [4.69, 9.17) is 9.26 Å². The maximum Gasteiger partial charge on any atom is 0.319 e. The van der Waals surface area contributed by atoms with E-state index in [-0.39, 0.29) is 24.4 Å². The molecule has 31 heavy (non-hydrogen) atoms. The number of phenols is 1. The molecule has 0 bridgehead atoms. The minimum absolute atomic E-state index is 0.144. The van der Waals surface area contributed by atoms with Crippen LogP contribution in [0.1, 0.15) is 18.5 Å². The molecule has 0 spiro atoms. The molecule has 0 saturated carbocycles. The minimum atomic E-state index is -0.645. The lowest BCUT2D eigenvalue weighted by atomic mass is 9.98. The number of aliphatic hydroxyl groups is 1. The SMILES string of the molecule is O=C(NC[C@H]1O[C@H](Cc2cc(-c3cccc(O)c3)on2)CC[C@@H]1O)Nc1ccccc1. The number of benzene rings is 2. The van der Waals surface area contributed by atoms with Crippen LogP contribution in [0.25, 0.3) is 11.3 Å². The van der Waals surface area contributed by atoms with Crippen molar-refractivity contribution in [1.82, 2.24) is 10.5 Å². The molecular weight excluding hydrogens is 398 g/mol. The summed E-state index contributed by atoms with van der Waals surface area (Å²) in [5, 5.41) is 29.5. The van der Waals surface area contributed by atoms with Crippen molar-refractivity contribution in [3.05, 3.63) is 66.4 Å². The lowest BCUT2D eigenvalue weighted by Crippen LogP contribution is -2.47. The predicted octanol–water partition coefficient (Wildman–Crippen LogP) is 3.32. The van der Waals surface area contributed by atoms with Gasteiger partial charge in [-0.05, 0) is 37.1 Å². The number of carbonyl (C=O) groups is 1. The fourth-order valence-electron chi connectivity index (χ4n) is 3.61. The van der Waals surface area contributed by atoms with E-state index in [1.807, 2.05) is 30.3 Å². The van der Waals surface area contributed by atoms with E-state index in [1.165, 1.54) is 0 Å². The van der Waals surface area contributed by atoms with Gasteiger partial charge in [0.05, 0.1) is 17.9 Å². The molecule has 3 atom stereocenters. The molecule has 2 heterocycles. The zero-order valence-electron chi connectivity index (χ0n) is 16.9. The Bertz CT molecular complexity index is 1010. The van der Waals surface area contributed by atoms with Crippen molar-refractivity contribution in [1.29, 1.82) is 0 Å². The van der Waals surface area contributed by atoms with Crippen molar-refractivity contribution >= 4 is 11.7 Å². The van der Waals surface area contributed by atoms with Gasteiger partial charge in [0.15, 0.2) is 5.76 Å². The molecule has 0 unspecified atom stereocenters. The number of hydrogen-bond acceptors (Lipinski definition) is 6. The van der Waals surface area contributed by atoms with Crippen LogP contribution in [0, 0.1) is 0 Å². The normalized spacial score (nSPS) is 20.9. The Labute approximate surface area is 179 Å². The minimum Gasteiger partial charge on any atom is -0.508 e. The van der Waals surface area contributed by atoms with Gasteiger partial charge in [-0.1, -0.05) is 35.5 Å². The van der Waals surface area contributed by atoms with Gasteiger partial charge in [-0.15, -0.1) is 0 Å². The van der Waals surface area contributed by atoms with Gasteiger partial charge in [0.2, 0.25) is 0 Å². The molecule has 8 nitrogen and oxygen atoms in total. The first kappa shape index (κ1) is 20.9. The van der Waals surface area contributed by atoms with Crippen molar-refractivity contribution in [3.63, 3.8) is 0 Å². The van der Waals surface area contributed by atoms with Crippen molar-refractivity contribution < 1.29 is 24.3 Å². The molecule has 1 aromatic heterocycles. The number of amides is 2. The number of nitrogens with one attached hydrogen (secondary N) is 2. The van der Waals surface area contributed by atoms with E-state index in [1.54, 1.807) is 30.3 Å². The molecule has 2 amide bonds. The first-order valence-corrected chi connectivity index (χ1v) is 10.3. The molecule has 1 saturated heterocycles. The van der Waals surface area contributed by atoms with Gasteiger partial charge >= 0.3 is 6.03 Å². The predicted molar refractivity (Wildman–Crippen MR) is 115 cm³/mol. The van der Waals surface area contributed by atoms with E-state index >= 15 is 0 Å². The third kappa shape index (κ3) is 5.62. The Morgan fingerprint density at radius 3 is 2.74 bits per heavy atom. The Morgan fingerprint density at radius 1 is 1.10 bits per heavy atom. The van der Waals surface area contributed by atoms with E-state index in [9.17, 15) is 15.0 Å². The summed E-state index contributed by atoms with van der Waals surface area (Å²) in [4.78, 5) is 12.1. The lowest BCUT2D eigenvalue weighted by molar-refractivity contribution is -0.113.